The van der Waals surface area contributed by atoms with E-state index in [1.807, 2.05) is 6.07 Å². The minimum absolute atomic E-state index is 0.0932. The first kappa shape index (κ1) is 21.3. The molecular weight excluding hydrogens is 426 g/mol. The number of ketones is 1. The molecule has 3 aromatic carbocycles. The van der Waals surface area contributed by atoms with Gasteiger partial charge in [0.25, 0.3) is 5.91 Å². The zero-order chi connectivity index (χ0) is 22.6. The van der Waals surface area contributed by atoms with E-state index in [4.69, 9.17) is 4.42 Å². The van der Waals surface area contributed by atoms with Gasteiger partial charge in [0.15, 0.2) is 21.4 Å². The molecule has 32 heavy (non-hydrogen) atoms. The highest BCUT2D eigenvalue weighted by Crippen LogP contribution is 2.22. The Balaban J connectivity index is 1.53. The summed E-state index contributed by atoms with van der Waals surface area (Å²) in [6, 6.07) is 24.8. The van der Waals surface area contributed by atoms with Gasteiger partial charge >= 0.3 is 0 Å². The summed E-state index contributed by atoms with van der Waals surface area (Å²) in [6.45, 7) is 0. The van der Waals surface area contributed by atoms with Crippen molar-refractivity contribution in [3.05, 3.63) is 120 Å². The van der Waals surface area contributed by atoms with Crippen LogP contribution in [0, 0.1) is 0 Å². The number of rotatable bonds is 7. The Morgan fingerprint density at radius 3 is 2.16 bits per heavy atom. The van der Waals surface area contributed by atoms with E-state index in [-0.39, 0.29) is 27.8 Å². The van der Waals surface area contributed by atoms with E-state index < -0.39 is 15.7 Å². The molecule has 1 N–H and O–H groups in total. The van der Waals surface area contributed by atoms with Crippen LogP contribution in [0.1, 0.15) is 32.0 Å². The van der Waals surface area contributed by atoms with Gasteiger partial charge in [-0.25, -0.2) is 8.42 Å². The average molecular weight is 445 g/mol. The highest BCUT2D eigenvalue weighted by Gasteiger charge is 2.22. The third-order valence-electron chi connectivity index (χ3n) is 4.82. The second-order valence-electron chi connectivity index (χ2n) is 7.08. The number of carbonyl (C=O) groups excluding carboxylic acids is 2. The molecule has 0 saturated carbocycles. The van der Waals surface area contributed by atoms with E-state index in [1.165, 1.54) is 24.5 Å². The number of amides is 1. The van der Waals surface area contributed by atoms with Gasteiger partial charge in [0.05, 0.1) is 16.9 Å². The quantitative estimate of drug-likeness (QED) is 0.415. The van der Waals surface area contributed by atoms with Gasteiger partial charge in [-0.15, -0.1) is 0 Å². The van der Waals surface area contributed by atoms with Crippen molar-refractivity contribution in [2.24, 2.45) is 0 Å². The molecule has 0 atom stereocenters. The lowest BCUT2D eigenvalue weighted by Crippen LogP contribution is -2.15. The SMILES string of the molecule is O=C(c1ccccc1)c1cccc(NC(=O)c2occc2CS(=O)(=O)c2ccccc2)c1. The van der Waals surface area contributed by atoms with Gasteiger partial charge in [-0.2, -0.15) is 0 Å². The molecule has 0 unspecified atom stereocenters. The highest BCUT2D eigenvalue weighted by atomic mass is 32.2. The molecule has 0 fully saturated rings. The number of benzene rings is 3. The Morgan fingerprint density at radius 1 is 0.781 bits per heavy atom. The maximum absolute atomic E-state index is 12.8. The third-order valence-corrected chi connectivity index (χ3v) is 6.50. The van der Waals surface area contributed by atoms with Gasteiger partial charge < -0.3 is 9.73 Å². The summed E-state index contributed by atoms with van der Waals surface area (Å²) in [5.74, 6) is -1.24. The Kier molecular flexibility index (Phi) is 6.00. The second-order valence-corrected chi connectivity index (χ2v) is 9.07. The monoisotopic (exact) mass is 445 g/mol. The minimum atomic E-state index is -3.65. The number of nitrogens with one attached hydrogen (secondary N) is 1. The van der Waals surface area contributed by atoms with Crippen LogP contribution in [-0.4, -0.2) is 20.1 Å². The lowest BCUT2D eigenvalue weighted by Gasteiger charge is -2.08. The molecule has 0 bridgehead atoms. The Bertz CT molecular complexity index is 1360. The van der Waals surface area contributed by atoms with Crippen molar-refractivity contribution in [2.75, 3.05) is 5.32 Å². The maximum atomic E-state index is 12.8. The van der Waals surface area contributed by atoms with Gasteiger partial charge in [-0.3, -0.25) is 9.59 Å². The number of hydrogen-bond acceptors (Lipinski definition) is 5. The molecule has 0 saturated heterocycles. The summed E-state index contributed by atoms with van der Waals surface area (Å²) >= 11 is 0. The van der Waals surface area contributed by atoms with Gasteiger partial charge in [0.2, 0.25) is 0 Å². The van der Waals surface area contributed by atoms with Gasteiger partial charge in [-0.1, -0.05) is 60.7 Å². The largest absolute Gasteiger partial charge is 0.459 e. The van der Waals surface area contributed by atoms with Crippen LogP contribution in [0.4, 0.5) is 5.69 Å². The zero-order valence-electron chi connectivity index (χ0n) is 16.9. The highest BCUT2D eigenvalue weighted by molar-refractivity contribution is 7.90. The molecule has 1 aromatic heterocycles. The lowest BCUT2D eigenvalue weighted by atomic mass is 10.0. The lowest BCUT2D eigenvalue weighted by molar-refractivity contribution is 0.0993. The molecule has 4 rings (SSSR count). The van der Waals surface area contributed by atoms with Crippen LogP contribution in [0.3, 0.4) is 0 Å². The normalized spacial score (nSPS) is 11.1. The topological polar surface area (TPSA) is 93.4 Å². The molecule has 0 aliphatic carbocycles. The van der Waals surface area contributed by atoms with Crippen LogP contribution in [-0.2, 0) is 15.6 Å². The van der Waals surface area contributed by atoms with Crippen LogP contribution in [0.15, 0.2) is 107 Å². The molecular formula is C25H19NO5S. The van der Waals surface area contributed by atoms with Crippen LogP contribution < -0.4 is 5.32 Å². The first-order chi connectivity index (χ1) is 15.4. The summed E-state index contributed by atoms with van der Waals surface area (Å²) in [7, 11) is -3.65. The molecule has 1 amide bonds. The van der Waals surface area contributed by atoms with E-state index >= 15 is 0 Å². The van der Waals surface area contributed by atoms with Crippen molar-refractivity contribution in [2.45, 2.75) is 10.6 Å². The molecule has 0 aliphatic heterocycles. The molecule has 1 heterocycles. The average Bonchev–Trinajstić information content (AvgIpc) is 3.27. The number of anilines is 1. The molecule has 0 aliphatic rings. The van der Waals surface area contributed by atoms with Crippen molar-refractivity contribution in [1.82, 2.24) is 0 Å². The van der Waals surface area contributed by atoms with Crippen LogP contribution in [0.5, 0.6) is 0 Å². The Labute approximate surface area is 185 Å². The predicted octanol–water partition coefficient (Wildman–Crippen LogP) is 4.74. The van der Waals surface area contributed by atoms with E-state index in [0.29, 0.717) is 16.8 Å². The van der Waals surface area contributed by atoms with Crippen molar-refractivity contribution in [3.8, 4) is 0 Å². The summed E-state index contributed by atoms with van der Waals surface area (Å²) in [5, 5.41) is 2.68. The Morgan fingerprint density at radius 2 is 1.44 bits per heavy atom. The van der Waals surface area contributed by atoms with E-state index in [2.05, 4.69) is 5.32 Å². The fourth-order valence-electron chi connectivity index (χ4n) is 3.25. The van der Waals surface area contributed by atoms with Crippen LogP contribution in [0.25, 0.3) is 0 Å². The number of sulfone groups is 1. The number of hydrogen-bond donors (Lipinski definition) is 1. The molecule has 4 aromatic rings. The fraction of sp³-hybridized carbons (Fsp3) is 0.0400. The van der Waals surface area contributed by atoms with Gasteiger partial charge in [-0.05, 0) is 30.3 Å². The smallest absolute Gasteiger partial charge is 0.291 e. The van der Waals surface area contributed by atoms with Crippen molar-refractivity contribution < 1.29 is 22.4 Å². The molecule has 0 spiro atoms. The Hall–Kier alpha value is -3.97. The standard InChI is InChI=1S/C25H19NO5S/c27-23(18-8-3-1-4-9-18)19-10-7-11-21(16-19)26-25(28)24-20(14-15-31-24)17-32(29,30)22-12-5-2-6-13-22/h1-16H,17H2,(H,26,28). The summed E-state index contributed by atoms with van der Waals surface area (Å²) in [6.07, 6.45) is 1.28. The summed E-state index contributed by atoms with van der Waals surface area (Å²) < 4.78 is 30.6. The molecule has 7 heteroatoms. The second kappa shape index (κ2) is 9.03. The van der Waals surface area contributed by atoms with E-state index in [9.17, 15) is 18.0 Å². The maximum Gasteiger partial charge on any atom is 0.291 e. The van der Waals surface area contributed by atoms with Gasteiger partial charge in [0, 0.05) is 22.4 Å². The van der Waals surface area contributed by atoms with Crippen molar-refractivity contribution in [1.29, 1.82) is 0 Å². The summed E-state index contributed by atoms with van der Waals surface area (Å²) in [5.41, 5.74) is 1.60. The van der Waals surface area contributed by atoms with E-state index in [1.54, 1.807) is 66.7 Å². The molecule has 0 radical (unpaired) electrons. The van der Waals surface area contributed by atoms with Crippen LogP contribution in [0.2, 0.25) is 0 Å². The minimum Gasteiger partial charge on any atom is -0.459 e. The first-order valence-corrected chi connectivity index (χ1v) is 11.4. The fourth-order valence-corrected chi connectivity index (χ4v) is 4.62. The third kappa shape index (κ3) is 4.68. The van der Waals surface area contributed by atoms with Crippen molar-refractivity contribution >= 4 is 27.2 Å². The van der Waals surface area contributed by atoms with Gasteiger partial charge in [0.1, 0.15) is 0 Å². The molecule has 6 nitrogen and oxygen atoms in total. The molecule has 160 valence electrons. The predicted molar refractivity (Wildman–Crippen MR) is 120 cm³/mol. The zero-order valence-corrected chi connectivity index (χ0v) is 17.7. The number of carbonyl (C=O) groups is 2. The van der Waals surface area contributed by atoms with E-state index in [0.717, 1.165) is 0 Å². The first-order valence-electron chi connectivity index (χ1n) is 9.79. The van der Waals surface area contributed by atoms with Crippen LogP contribution >= 0.6 is 0 Å². The van der Waals surface area contributed by atoms with Crippen molar-refractivity contribution in [3.63, 3.8) is 0 Å². The number of furan rings is 1. The summed E-state index contributed by atoms with van der Waals surface area (Å²) in [4.78, 5) is 25.6.